The maximum atomic E-state index is 9.83. The molecule has 0 atom stereocenters. The Morgan fingerprint density at radius 2 is 2.43 bits per heavy atom. The van der Waals surface area contributed by atoms with E-state index >= 15 is 0 Å². The molecule has 3 heteroatoms. The minimum Gasteiger partial charge on any atom is -0.263 e. The van der Waals surface area contributed by atoms with E-state index in [1.165, 1.54) is 0 Å². The van der Waals surface area contributed by atoms with Gasteiger partial charge in [-0.05, 0) is 6.42 Å². The van der Waals surface area contributed by atoms with Crippen molar-refractivity contribution < 1.29 is 9.97 Å². The lowest BCUT2D eigenvalue weighted by Crippen LogP contribution is -2.35. The molecule has 0 saturated carbocycles. The highest BCUT2D eigenvalue weighted by atomic mass is 31.1. The quantitative estimate of drug-likeness (QED) is 0.418. The molecule has 0 aromatic carbocycles. The largest absolute Gasteiger partial charge is 0.263 e. The van der Waals surface area contributed by atoms with E-state index in [0.29, 0.717) is 5.45 Å². The van der Waals surface area contributed by atoms with Gasteiger partial charge < -0.3 is 0 Å². The molecule has 0 bridgehead atoms. The second kappa shape index (κ2) is 3.94. The van der Waals surface area contributed by atoms with Gasteiger partial charge in [0.2, 0.25) is 5.45 Å². The summed E-state index contributed by atoms with van der Waals surface area (Å²) in [5, 5.41) is 5.18. The van der Waals surface area contributed by atoms with Crippen molar-refractivity contribution in [1.82, 2.24) is 0 Å². The van der Waals surface area contributed by atoms with Crippen LogP contribution in [0.3, 0.4) is 0 Å². The molecule has 0 radical (unpaired) electrons. The molecular formula is C4H9NOP+. The molecular weight excluding hydrogens is 109 g/mol. The molecule has 0 aliphatic heterocycles. The first-order valence-corrected chi connectivity index (χ1v) is 3.07. The summed E-state index contributed by atoms with van der Waals surface area (Å²) in [6.45, 7) is 2.00. The molecule has 40 valence electrons. The van der Waals surface area contributed by atoms with E-state index < -0.39 is 0 Å². The van der Waals surface area contributed by atoms with Crippen LogP contribution in [0.2, 0.25) is 0 Å². The minimum atomic E-state index is -0.0117. The lowest BCUT2D eigenvalue weighted by molar-refractivity contribution is -0.111. The van der Waals surface area contributed by atoms with Gasteiger partial charge in [0.05, 0.1) is 0 Å². The van der Waals surface area contributed by atoms with Crippen molar-refractivity contribution in [3.63, 3.8) is 0 Å². The topological polar surface area (TPSA) is 42.7 Å². The van der Waals surface area contributed by atoms with Crippen LogP contribution in [0.5, 0.6) is 0 Å². The van der Waals surface area contributed by atoms with Gasteiger partial charge in [-0.15, -0.1) is 0 Å². The summed E-state index contributed by atoms with van der Waals surface area (Å²) in [5.74, 6) is 0. The van der Waals surface area contributed by atoms with Gasteiger partial charge in [-0.25, -0.2) is 0 Å². The van der Waals surface area contributed by atoms with Crippen LogP contribution in [0.1, 0.15) is 19.8 Å². The molecule has 0 aliphatic carbocycles. The highest BCUT2D eigenvalue weighted by Gasteiger charge is 1.95. The molecule has 0 aliphatic rings. The summed E-state index contributed by atoms with van der Waals surface area (Å²) in [4.78, 5) is 0. The molecule has 2 nitrogen and oxygen atoms in total. The molecule has 0 fully saturated rings. The summed E-state index contributed by atoms with van der Waals surface area (Å²) in [6.07, 6.45) is 1.74. The van der Waals surface area contributed by atoms with Crippen molar-refractivity contribution in [1.29, 1.82) is 0 Å². The fraction of sp³-hybridized carbons (Fsp3) is 0.750. The Morgan fingerprint density at radius 1 is 1.86 bits per heavy atom. The predicted molar refractivity (Wildman–Crippen MR) is 29.4 cm³/mol. The third kappa shape index (κ3) is 3.60. The summed E-state index contributed by atoms with van der Waals surface area (Å²) in [5.41, 5.74) is 0.544. The Morgan fingerprint density at radius 3 is 2.57 bits per heavy atom. The third-order valence-electron chi connectivity index (χ3n) is 0.623. The number of rotatable bonds is 3. The lowest BCUT2D eigenvalue weighted by atomic mass is 10.4. The van der Waals surface area contributed by atoms with Crippen molar-refractivity contribution in [2.75, 3.05) is 0 Å². The van der Waals surface area contributed by atoms with Gasteiger partial charge in [0, 0.05) is 6.42 Å². The van der Waals surface area contributed by atoms with E-state index in [0.717, 1.165) is 12.8 Å². The first-order chi connectivity index (χ1) is 3.31. The maximum Gasteiger partial charge on any atom is 0.258 e. The Kier molecular flexibility index (Phi) is 3.81. The Bertz CT molecular complexity index is 81.8. The fourth-order valence-electron chi connectivity index (χ4n) is 0.302. The van der Waals surface area contributed by atoms with E-state index in [1.54, 1.807) is 0 Å². The minimum absolute atomic E-state index is 0.0117. The van der Waals surface area contributed by atoms with Crippen LogP contribution in [0.15, 0.2) is 0 Å². The molecule has 0 unspecified atom stereocenters. The van der Waals surface area contributed by atoms with Crippen LogP contribution in [-0.2, 0) is 4.57 Å². The van der Waals surface area contributed by atoms with Crippen LogP contribution in [-0.4, -0.2) is 5.45 Å². The normalized spacial score (nSPS) is 9.29. The Hall–Kier alpha value is -0.230. The zero-order valence-corrected chi connectivity index (χ0v) is 5.24. The van der Waals surface area contributed by atoms with Crippen LogP contribution in [0.25, 0.3) is 0 Å². The molecule has 0 aromatic heterocycles. The molecule has 0 amide bonds. The van der Waals surface area contributed by atoms with Gasteiger partial charge in [-0.2, -0.15) is 0 Å². The van der Waals surface area contributed by atoms with E-state index in [1.807, 2.05) is 6.92 Å². The van der Waals surface area contributed by atoms with Crippen molar-refractivity contribution in [3.05, 3.63) is 0 Å². The molecule has 0 rings (SSSR count). The number of hydrogen-bond acceptors (Lipinski definition) is 1. The van der Waals surface area contributed by atoms with Gasteiger partial charge in [0.15, 0.2) is 0 Å². The van der Waals surface area contributed by atoms with E-state index in [-0.39, 0.29) is 8.46 Å². The third-order valence-corrected chi connectivity index (χ3v) is 1.08. The average molecular weight is 118 g/mol. The van der Waals surface area contributed by atoms with Crippen LogP contribution in [0, 0.1) is 0 Å². The molecule has 7 heavy (non-hydrogen) atoms. The van der Waals surface area contributed by atoms with Gasteiger partial charge in [-0.1, -0.05) is 6.92 Å². The summed E-state index contributed by atoms with van der Waals surface area (Å²) < 4.78 is 9.83. The monoisotopic (exact) mass is 118 g/mol. The Balaban J connectivity index is 3.17. The van der Waals surface area contributed by atoms with E-state index in [2.05, 4.69) is 0 Å². The SMILES string of the molecule is CCCC(=[NH2+])P=O. The van der Waals surface area contributed by atoms with Gasteiger partial charge >= 0.3 is 0 Å². The Labute approximate surface area is 44.6 Å². The maximum absolute atomic E-state index is 9.83. The fourth-order valence-corrected chi connectivity index (χ4v) is 0.617. The first kappa shape index (κ1) is 6.77. The smallest absolute Gasteiger partial charge is 0.258 e. The average Bonchev–Trinajstić information content (AvgIpc) is 1.68. The second-order valence-electron chi connectivity index (χ2n) is 1.33. The van der Waals surface area contributed by atoms with Crippen molar-refractivity contribution in [2.24, 2.45) is 0 Å². The van der Waals surface area contributed by atoms with Gasteiger partial charge in [0.1, 0.15) is 0 Å². The number of nitrogens with two attached hydrogens (primary N) is 1. The lowest BCUT2D eigenvalue weighted by Gasteiger charge is -1.76. The predicted octanol–water partition coefficient (Wildman–Crippen LogP) is 0.236. The summed E-state index contributed by atoms with van der Waals surface area (Å²) in [7, 11) is -0.0117. The standard InChI is InChI=1S/C4H8NOP/c1-2-3-4(5)7-6/h5H,2-3H2,1H3/p+1. The van der Waals surface area contributed by atoms with Gasteiger partial charge in [0.25, 0.3) is 8.46 Å². The zero-order valence-electron chi connectivity index (χ0n) is 4.35. The summed E-state index contributed by atoms with van der Waals surface area (Å²) in [6, 6.07) is 0. The second-order valence-corrected chi connectivity index (χ2v) is 2.09. The number of hydrogen-bond donors (Lipinski definition) is 1. The first-order valence-electron chi connectivity index (χ1n) is 2.26. The highest BCUT2D eigenvalue weighted by Crippen LogP contribution is 1.97. The zero-order chi connectivity index (χ0) is 5.70. The van der Waals surface area contributed by atoms with Gasteiger partial charge in [-0.3, -0.25) is 9.97 Å². The van der Waals surface area contributed by atoms with E-state index in [4.69, 9.17) is 5.41 Å². The van der Waals surface area contributed by atoms with Crippen molar-refractivity contribution in [2.45, 2.75) is 19.8 Å². The summed E-state index contributed by atoms with van der Waals surface area (Å²) >= 11 is 0. The van der Waals surface area contributed by atoms with Crippen molar-refractivity contribution in [3.8, 4) is 0 Å². The molecule has 2 N–H and O–H groups in total. The molecule has 0 spiro atoms. The van der Waals surface area contributed by atoms with Crippen LogP contribution < -0.4 is 5.41 Å². The van der Waals surface area contributed by atoms with E-state index in [9.17, 15) is 4.57 Å². The molecule has 0 aromatic rings. The van der Waals surface area contributed by atoms with Crippen LogP contribution in [0.4, 0.5) is 0 Å². The van der Waals surface area contributed by atoms with Crippen LogP contribution >= 0.6 is 8.46 Å². The highest BCUT2D eigenvalue weighted by molar-refractivity contribution is 7.46. The van der Waals surface area contributed by atoms with Crippen molar-refractivity contribution >= 4 is 13.9 Å². The molecule has 0 heterocycles. The molecule has 0 saturated heterocycles.